The monoisotopic (exact) mass is 450 g/mol. The molecule has 1 aromatic heterocycles. The van der Waals surface area contributed by atoms with Crippen LogP contribution in [-0.2, 0) is 0 Å². The molecule has 0 fully saturated rings. The maximum atomic E-state index is 6.27. The van der Waals surface area contributed by atoms with Crippen LogP contribution in [0.25, 0.3) is 22.4 Å². The number of aromatic nitrogens is 1. The maximum Gasteiger partial charge on any atom is 0.0785 e. The molecule has 3 rings (SSSR count). The van der Waals surface area contributed by atoms with Gasteiger partial charge in [0.15, 0.2) is 0 Å². The number of hydrogen-bond donors (Lipinski definition) is 1. The first-order valence-corrected chi connectivity index (χ1v) is 9.11. The van der Waals surface area contributed by atoms with Gasteiger partial charge >= 0.3 is 0 Å². The molecule has 0 unspecified atom stereocenters. The van der Waals surface area contributed by atoms with Gasteiger partial charge in [0.1, 0.15) is 0 Å². The Morgan fingerprint density at radius 3 is 1.72 bits per heavy atom. The van der Waals surface area contributed by atoms with Crippen molar-refractivity contribution in [3.63, 3.8) is 0 Å². The zero-order valence-corrected chi connectivity index (χ0v) is 16.8. The summed E-state index contributed by atoms with van der Waals surface area (Å²) in [6.07, 6.45) is 1.59. The number of anilines is 1. The molecule has 8 heteroatoms. The summed E-state index contributed by atoms with van der Waals surface area (Å²) in [6.45, 7) is 0. The van der Waals surface area contributed by atoms with Crippen LogP contribution >= 0.6 is 69.6 Å². The van der Waals surface area contributed by atoms with Crippen molar-refractivity contribution in [2.45, 2.75) is 0 Å². The van der Waals surface area contributed by atoms with Gasteiger partial charge in [0.05, 0.1) is 35.8 Å². The van der Waals surface area contributed by atoms with Crippen molar-refractivity contribution in [2.24, 2.45) is 0 Å². The van der Waals surface area contributed by atoms with Crippen LogP contribution in [0.15, 0.2) is 36.5 Å². The van der Waals surface area contributed by atoms with Gasteiger partial charge in [0.2, 0.25) is 0 Å². The van der Waals surface area contributed by atoms with Gasteiger partial charge in [0.25, 0.3) is 0 Å². The van der Waals surface area contributed by atoms with Crippen molar-refractivity contribution >= 4 is 75.3 Å². The molecule has 3 aromatic rings. The summed E-state index contributed by atoms with van der Waals surface area (Å²) >= 11 is 36.6. The van der Waals surface area contributed by atoms with Gasteiger partial charge in [-0.25, -0.2) is 0 Å². The smallest absolute Gasteiger partial charge is 0.0785 e. The van der Waals surface area contributed by atoms with E-state index in [0.717, 1.165) is 0 Å². The van der Waals surface area contributed by atoms with Gasteiger partial charge < -0.3 is 5.73 Å². The molecule has 128 valence electrons. The van der Waals surface area contributed by atoms with Crippen LogP contribution in [0.4, 0.5) is 5.69 Å². The highest BCUT2D eigenvalue weighted by Gasteiger charge is 2.16. The minimum Gasteiger partial charge on any atom is -0.398 e. The van der Waals surface area contributed by atoms with Gasteiger partial charge in [-0.05, 0) is 24.3 Å². The lowest BCUT2D eigenvalue weighted by Gasteiger charge is -2.12. The number of halogens is 6. The van der Waals surface area contributed by atoms with Crippen molar-refractivity contribution in [3.8, 4) is 22.4 Å². The van der Waals surface area contributed by atoms with Gasteiger partial charge in [-0.15, -0.1) is 0 Å². The van der Waals surface area contributed by atoms with Crippen LogP contribution in [0.3, 0.4) is 0 Å². The summed E-state index contributed by atoms with van der Waals surface area (Å²) in [4.78, 5) is 4.41. The molecule has 0 aliphatic rings. The van der Waals surface area contributed by atoms with Crippen LogP contribution < -0.4 is 5.73 Å². The lowest BCUT2D eigenvalue weighted by Crippen LogP contribution is -1.95. The first kappa shape index (κ1) is 18.9. The number of pyridine rings is 1. The predicted molar refractivity (Wildman–Crippen MR) is 110 cm³/mol. The highest BCUT2D eigenvalue weighted by Crippen LogP contribution is 2.42. The summed E-state index contributed by atoms with van der Waals surface area (Å²) in [6, 6.07) is 8.43. The fourth-order valence-corrected chi connectivity index (χ4v) is 3.57. The number of hydrogen-bond acceptors (Lipinski definition) is 2. The highest BCUT2D eigenvalue weighted by molar-refractivity contribution is 6.50. The molecule has 0 spiro atoms. The van der Waals surface area contributed by atoms with Gasteiger partial charge in [-0.1, -0.05) is 75.7 Å². The third kappa shape index (κ3) is 3.52. The molecule has 0 atom stereocenters. The zero-order valence-electron chi connectivity index (χ0n) is 12.3. The molecule has 0 saturated heterocycles. The molecule has 0 saturated carbocycles. The Kier molecular flexibility index (Phi) is 5.60. The number of benzene rings is 2. The van der Waals surface area contributed by atoms with Crippen LogP contribution in [0, 0.1) is 0 Å². The Labute approximate surface area is 174 Å². The van der Waals surface area contributed by atoms with Gasteiger partial charge in [0, 0.05) is 28.6 Å². The molecule has 2 N–H and O–H groups in total. The quantitative estimate of drug-likeness (QED) is 0.401. The Hall–Kier alpha value is -0.870. The van der Waals surface area contributed by atoms with Crippen molar-refractivity contribution in [3.05, 3.63) is 66.7 Å². The first-order valence-electron chi connectivity index (χ1n) is 6.84. The van der Waals surface area contributed by atoms with Gasteiger partial charge in [-0.2, -0.15) is 0 Å². The summed E-state index contributed by atoms with van der Waals surface area (Å²) in [5.41, 5.74) is 9.08. The van der Waals surface area contributed by atoms with E-state index in [1.807, 2.05) is 0 Å². The third-order valence-electron chi connectivity index (χ3n) is 3.57. The Bertz CT molecular complexity index is 987. The molecule has 0 bridgehead atoms. The van der Waals surface area contributed by atoms with E-state index in [1.54, 1.807) is 36.5 Å². The summed E-state index contributed by atoms with van der Waals surface area (Å²) in [5, 5.41) is 1.86. The minimum atomic E-state index is 0.261. The second kappa shape index (κ2) is 7.40. The van der Waals surface area contributed by atoms with Gasteiger partial charge in [-0.3, -0.25) is 4.98 Å². The van der Waals surface area contributed by atoms with E-state index >= 15 is 0 Å². The molecule has 25 heavy (non-hydrogen) atoms. The Morgan fingerprint density at radius 1 is 0.640 bits per heavy atom. The second-order valence-corrected chi connectivity index (χ2v) is 7.43. The van der Waals surface area contributed by atoms with Crippen LogP contribution in [0.1, 0.15) is 0 Å². The molecule has 0 aliphatic carbocycles. The third-order valence-corrected chi connectivity index (χ3v) is 6.16. The number of nitrogens with zero attached hydrogens (tertiary/aromatic N) is 1. The molecule has 2 aromatic carbocycles. The topological polar surface area (TPSA) is 38.9 Å². The average molecular weight is 453 g/mol. The van der Waals surface area contributed by atoms with Crippen molar-refractivity contribution in [2.75, 3.05) is 5.73 Å². The van der Waals surface area contributed by atoms with E-state index < -0.39 is 0 Å². The molecular formula is C17H8Cl6N2. The SMILES string of the molecule is Nc1cc(-c2ccc(Cl)c(Cl)c2Cl)ncc1-c1ccc(Cl)c(Cl)c1Cl. The zero-order chi connectivity index (χ0) is 18.3. The number of nitrogen functional groups attached to an aromatic ring is 1. The minimum absolute atomic E-state index is 0.261. The van der Waals surface area contributed by atoms with Crippen LogP contribution in [0.2, 0.25) is 30.1 Å². The van der Waals surface area contributed by atoms with E-state index in [4.69, 9.17) is 75.3 Å². The molecule has 0 aliphatic heterocycles. The van der Waals surface area contributed by atoms with E-state index in [2.05, 4.69) is 4.98 Å². The maximum absolute atomic E-state index is 6.27. The lowest BCUT2D eigenvalue weighted by atomic mass is 10.0. The molecule has 2 nitrogen and oxygen atoms in total. The van der Waals surface area contributed by atoms with E-state index in [0.29, 0.717) is 48.2 Å². The molecule has 0 radical (unpaired) electrons. The fourth-order valence-electron chi connectivity index (χ4n) is 2.30. The summed E-state index contributed by atoms with van der Waals surface area (Å²) in [7, 11) is 0. The summed E-state index contributed by atoms with van der Waals surface area (Å²) < 4.78 is 0. The summed E-state index contributed by atoms with van der Waals surface area (Å²) in [5.74, 6) is 0. The standard InChI is InChI=1S/C17H8Cl6N2/c18-10-3-1-7(14(20)16(10)22)9-6-25-13(5-12(9)24)8-2-4-11(19)17(23)15(8)21/h1-6H,(H2,24,25). The van der Waals surface area contributed by atoms with E-state index in [9.17, 15) is 0 Å². The predicted octanol–water partition coefficient (Wildman–Crippen LogP) is 7.92. The molecule has 1 heterocycles. The lowest BCUT2D eigenvalue weighted by molar-refractivity contribution is 1.33. The average Bonchev–Trinajstić information content (AvgIpc) is 2.58. The van der Waals surface area contributed by atoms with Crippen LogP contribution in [-0.4, -0.2) is 4.98 Å². The second-order valence-electron chi connectivity index (χ2n) is 5.10. The first-order chi connectivity index (χ1) is 11.8. The highest BCUT2D eigenvalue weighted by atomic mass is 35.5. The molecular weight excluding hydrogens is 445 g/mol. The Balaban J connectivity index is 2.12. The Morgan fingerprint density at radius 2 is 1.16 bits per heavy atom. The van der Waals surface area contributed by atoms with E-state index in [-0.39, 0.29) is 10.0 Å². The van der Waals surface area contributed by atoms with Crippen molar-refractivity contribution < 1.29 is 0 Å². The number of rotatable bonds is 2. The van der Waals surface area contributed by atoms with Crippen molar-refractivity contribution in [1.29, 1.82) is 0 Å². The fraction of sp³-hybridized carbons (Fsp3) is 0. The number of nitrogens with two attached hydrogens (primary N) is 1. The van der Waals surface area contributed by atoms with Crippen LogP contribution in [0.5, 0.6) is 0 Å². The normalized spacial score (nSPS) is 11.0. The molecule has 0 amide bonds. The van der Waals surface area contributed by atoms with Crippen molar-refractivity contribution in [1.82, 2.24) is 4.98 Å². The largest absolute Gasteiger partial charge is 0.398 e. The van der Waals surface area contributed by atoms with E-state index in [1.165, 1.54) is 0 Å².